The Balaban J connectivity index is 1.66. The van der Waals surface area contributed by atoms with Gasteiger partial charge in [-0.25, -0.2) is 31.2 Å². The highest BCUT2D eigenvalue weighted by atomic mass is 32.2. The molecule has 11 nitrogen and oxygen atoms in total. The average molecular weight is 648 g/mol. The molecule has 0 bridgehead atoms. The van der Waals surface area contributed by atoms with Crippen molar-refractivity contribution in [1.82, 2.24) is 20.3 Å². The molecule has 0 atom stereocenters. The molecular formula is C31H26FN5O6S2. The third-order valence-electron chi connectivity index (χ3n) is 7.15. The number of nitrogens with zero attached hydrogens (tertiary/aromatic N) is 2. The van der Waals surface area contributed by atoms with E-state index in [-0.39, 0.29) is 50.7 Å². The largest absolute Gasteiger partial charge is 0.455 e. The van der Waals surface area contributed by atoms with Gasteiger partial charge < -0.3 is 14.7 Å². The van der Waals surface area contributed by atoms with Crippen LogP contribution in [0.15, 0.2) is 82.4 Å². The number of aromatic nitrogens is 3. The number of carbonyl (C=O) groups excluding carboxylic acids is 1. The van der Waals surface area contributed by atoms with Crippen LogP contribution in [0.4, 0.5) is 10.1 Å². The summed E-state index contributed by atoms with van der Waals surface area (Å²) >= 11 is 0. The Morgan fingerprint density at radius 3 is 2.33 bits per heavy atom. The Morgan fingerprint density at radius 1 is 0.956 bits per heavy atom. The predicted octanol–water partition coefficient (Wildman–Crippen LogP) is 5.37. The maximum atomic E-state index is 13.7. The third kappa shape index (κ3) is 5.77. The summed E-state index contributed by atoms with van der Waals surface area (Å²) in [6.45, 7) is 1.46. The quantitative estimate of drug-likeness (QED) is 0.186. The summed E-state index contributed by atoms with van der Waals surface area (Å²) in [5, 5.41) is 3.25. The monoisotopic (exact) mass is 647 g/mol. The van der Waals surface area contributed by atoms with Gasteiger partial charge in [-0.1, -0.05) is 18.2 Å². The molecule has 3 aromatic heterocycles. The summed E-state index contributed by atoms with van der Waals surface area (Å²) in [5.74, 6) is -1.12. The number of sulfone groups is 1. The highest BCUT2D eigenvalue weighted by molar-refractivity contribution is 7.92. The van der Waals surface area contributed by atoms with Crippen molar-refractivity contribution in [3.8, 4) is 34.0 Å². The highest BCUT2D eigenvalue weighted by Crippen LogP contribution is 2.40. The van der Waals surface area contributed by atoms with Crippen LogP contribution >= 0.6 is 0 Å². The number of halogens is 1. The van der Waals surface area contributed by atoms with E-state index in [4.69, 9.17) is 4.42 Å². The Hall–Kier alpha value is -5.08. The van der Waals surface area contributed by atoms with Crippen LogP contribution in [0.1, 0.15) is 17.3 Å². The van der Waals surface area contributed by atoms with E-state index in [0.29, 0.717) is 11.3 Å². The van der Waals surface area contributed by atoms with Crippen LogP contribution in [0, 0.1) is 5.82 Å². The molecule has 1 amide bonds. The molecule has 0 unspecified atom stereocenters. The predicted molar refractivity (Wildman–Crippen MR) is 170 cm³/mol. The van der Waals surface area contributed by atoms with Crippen LogP contribution in [0.25, 0.3) is 55.8 Å². The van der Waals surface area contributed by atoms with E-state index in [0.717, 1.165) is 17.2 Å². The van der Waals surface area contributed by atoms with E-state index in [9.17, 15) is 26.0 Å². The summed E-state index contributed by atoms with van der Waals surface area (Å²) in [6.07, 6.45) is 0.972. The molecule has 6 rings (SSSR count). The highest BCUT2D eigenvalue weighted by Gasteiger charge is 2.26. The number of para-hydroxylation sites is 1. The van der Waals surface area contributed by atoms with Crippen molar-refractivity contribution in [3.63, 3.8) is 0 Å². The molecule has 6 aromatic rings. The van der Waals surface area contributed by atoms with Gasteiger partial charge in [-0.2, -0.15) is 0 Å². The van der Waals surface area contributed by atoms with Gasteiger partial charge in [0.1, 0.15) is 17.2 Å². The second-order valence-corrected chi connectivity index (χ2v) is 14.2. The van der Waals surface area contributed by atoms with Crippen LogP contribution in [-0.4, -0.2) is 56.8 Å². The van der Waals surface area contributed by atoms with Gasteiger partial charge >= 0.3 is 0 Å². The maximum Gasteiger partial charge on any atom is 0.255 e. The summed E-state index contributed by atoms with van der Waals surface area (Å²) < 4.78 is 73.5. The fraction of sp³-hybridized carbons (Fsp3) is 0.129. The molecular weight excluding hydrogens is 622 g/mol. The Kier molecular flexibility index (Phi) is 7.41. The number of amides is 1. The molecule has 45 heavy (non-hydrogen) atoms. The average Bonchev–Trinajstić information content (AvgIpc) is 3.61. The summed E-state index contributed by atoms with van der Waals surface area (Å²) in [6, 6.07) is 19.1. The first-order valence-corrected chi connectivity index (χ1v) is 17.2. The molecule has 3 heterocycles. The molecule has 0 saturated heterocycles. The lowest BCUT2D eigenvalue weighted by molar-refractivity contribution is 0.0964. The van der Waals surface area contributed by atoms with E-state index in [1.807, 2.05) is 30.3 Å². The van der Waals surface area contributed by atoms with Crippen molar-refractivity contribution in [2.45, 2.75) is 12.1 Å². The van der Waals surface area contributed by atoms with E-state index in [1.54, 1.807) is 0 Å². The van der Waals surface area contributed by atoms with Crippen LogP contribution in [0.2, 0.25) is 0 Å². The zero-order chi connectivity index (χ0) is 32.1. The minimum atomic E-state index is -3.94. The Bertz CT molecular complexity index is 2310. The van der Waals surface area contributed by atoms with Crippen molar-refractivity contribution in [2.24, 2.45) is 0 Å². The first-order chi connectivity index (χ1) is 21.4. The molecule has 0 radical (unpaired) electrons. The lowest BCUT2D eigenvalue weighted by Gasteiger charge is -2.13. The van der Waals surface area contributed by atoms with Gasteiger partial charge in [-0.15, -0.1) is 0 Å². The number of rotatable bonds is 8. The zero-order valence-electron chi connectivity index (χ0n) is 24.2. The second kappa shape index (κ2) is 11.1. The summed E-state index contributed by atoms with van der Waals surface area (Å²) in [4.78, 5) is 25.1. The third-order valence-corrected chi connectivity index (χ3v) is 9.29. The lowest BCUT2D eigenvalue weighted by Crippen LogP contribution is -2.18. The van der Waals surface area contributed by atoms with Crippen LogP contribution < -0.4 is 10.0 Å². The van der Waals surface area contributed by atoms with Crippen LogP contribution in [-0.2, 0) is 19.9 Å². The molecule has 0 aliphatic carbocycles. The van der Waals surface area contributed by atoms with Gasteiger partial charge in [0.2, 0.25) is 25.0 Å². The SMILES string of the molecule is CCS(=O)(=O)Nc1cc2oc(-c3ccc(F)cc3)c(C(=O)NC)c2cc1-c1cc(-c2cc3ccccc3[nH]2)nc(S(C)(=O)=O)n1. The van der Waals surface area contributed by atoms with E-state index >= 15 is 0 Å². The van der Waals surface area contributed by atoms with Crippen molar-refractivity contribution in [3.05, 3.63) is 84.2 Å². The molecule has 0 fully saturated rings. The van der Waals surface area contributed by atoms with Crippen LogP contribution in [0.5, 0.6) is 0 Å². The van der Waals surface area contributed by atoms with E-state index in [1.165, 1.54) is 56.4 Å². The minimum absolute atomic E-state index is 0.0351. The van der Waals surface area contributed by atoms with Crippen molar-refractivity contribution < 1.29 is 30.4 Å². The Labute approximate surface area is 257 Å². The first kappa shape index (κ1) is 30.0. The fourth-order valence-electron chi connectivity index (χ4n) is 4.91. The second-order valence-electron chi connectivity index (χ2n) is 10.3. The topological polar surface area (TPSA) is 164 Å². The normalized spacial score (nSPS) is 12.1. The maximum absolute atomic E-state index is 13.7. The standard InChI is InChI=1S/C31H26FN5O6S2/c1-4-45(41,42)37-24-16-27-21(28(30(38)33-2)29(43-27)17-9-11-19(32)12-10-17)14-20(24)23-15-26(36-31(35-23)44(3,39)40)25-13-18-7-5-6-8-22(18)34-25/h5-16,34,37H,4H2,1-3H3,(H,33,38). The van der Waals surface area contributed by atoms with Gasteiger partial charge in [0.15, 0.2) is 0 Å². The first-order valence-electron chi connectivity index (χ1n) is 13.6. The van der Waals surface area contributed by atoms with Gasteiger partial charge in [0.25, 0.3) is 5.91 Å². The van der Waals surface area contributed by atoms with Gasteiger partial charge in [-0.05, 0) is 55.5 Å². The number of anilines is 1. The molecule has 3 N–H and O–H groups in total. The number of sulfonamides is 1. The number of furan rings is 1. The van der Waals surface area contributed by atoms with Crippen molar-refractivity contribution in [2.75, 3.05) is 23.8 Å². The van der Waals surface area contributed by atoms with Gasteiger partial charge in [0.05, 0.1) is 34.1 Å². The van der Waals surface area contributed by atoms with Crippen molar-refractivity contribution in [1.29, 1.82) is 0 Å². The van der Waals surface area contributed by atoms with Crippen molar-refractivity contribution >= 4 is 53.3 Å². The molecule has 0 aliphatic rings. The number of fused-ring (bicyclic) bond motifs is 2. The van der Waals surface area contributed by atoms with Gasteiger partial charge in [-0.3, -0.25) is 9.52 Å². The number of carbonyl (C=O) groups is 1. The number of nitrogens with one attached hydrogen (secondary N) is 3. The van der Waals surface area contributed by atoms with Gasteiger partial charge in [0, 0.05) is 46.8 Å². The molecule has 3 aromatic carbocycles. The zero-order valence-corrected chi connectivity index (χ0v) is 25.8. The number of hydrogen-bond acceptors (Lipinski definition) is 8. The molecule has 0 aliphatic heterocycles. The fourth-order valence-corrected chi connectivity index (χ4v) is 6.09. The van der Waals surface area contributed by atoms with E-state index < -0.39 is 36.7 Å². The molecule has 0 spiro atoms. The Morgan fingerprint density at radius 2 is 1.67 bits per heavy atom. The number of aromatic amines is 1. The number of hydrogen-bond donors (Lipinski definition) is 3. The number of benzene rings is 3. The summed E-state index contributed by atoms with van der Waals surface area (Å²) in [7, 11) is -6.35. The number of H-pyrrole nitrogens is 1. The van der Waals surface area contributed by atoms with E-state index in [2.05, 4.69) is 25.0 Å². The smallest absolute Gasteiger partial charge is 0.255 e. The van der Waals surface area contributed by atoms with Crippen LogP contribution in [0.3, 0.4) is 0 Å². The molecule has 230 valence electrons. The lowest BCUT2D eigenvalue weighted by atomic mass is 10.0. The molecule has 0 saturated carbocycles. The molecule has 14 heteroatoms. The summed E-state index contributed by atoms with van der Waals surface area (Å²) in [5.41, 5.74) is 2.49. The minimum Gasteiger partial charge on any atom is -0.455 e.